The molecule has 0 saturated heterocycles. The van der Waals surface area contributed by atoms with Gasteiger partial charge in [0.15, 0.2) is 0 Å². The molecule has 0 saturated carbocycles. The molecule has 4 rings (SSSR count). The molecule has 0 fully saturated rings. The normalized spacial score (nSPS) is 13.6. The first-order chi connectivity index (χ1) is 12.2. The zero-order valence-corrected chi connectivity index (χ0v) is 13.8. The lowest BCUT2D eigenvalue weighted by atomic mass is 10.1. The third-order valence-electron chi connectivity index (χ3n) is 4.55. The SMILES string of the molecule is O=c1c2c(nc3cc(C#Cc4ccc(F)cc4)ccn13)CCCCC2. The van der Waals surface area contributed by atoms with Crippen molar-refractivity contribution in [3.8, 4) is 11.8 Å². The van der Waals surface area contributed by atoms with Crippen molar-refractivity contribution in [3.05, 3.63) is 81.2 Å². The summed E-state index contributed by atoms with van der Waals surface area (Å²) >= 11 is 0. The van der Waals surface area contributed by atoms with Crippen molar-refractivity contribution in [2.45, 2.75) is 32.1 Å². The maximum atomic E-state index is 12.9. The highest BCUT2D eigenvalue weighted by molar-refractivity contribution is 5.50. The average Bonchev–Trinajstić information content (AvgIpc) is 2.87. The summed E-state index contributed by atoms with van der Waals surface area (Å²) in [6.07, 6.45) is 6.70. The number of pyridine rings is 1. The molecule has 0 aliphatic heterocycles. The molecule has 4 heteroatoms. The van der Waals surface area contributed by atoms with Gasteiger partial charge in [-0.3, -0.25) is 9.20 Å². The average molecular weight is 332 g/mol. The fraction of sp³-hybridized carbons (Fsp3) is 0.238. The number of rotatable bonds is 0. The molecule has 0 amide bonds. The monoisotopic (exact) mass is 332 g/mol. The molecule has 1 aliphatic rings. The molecule has 0 bridgehead atoms. The Hall–Kier alpha value is -2.93. The number of aromatic nitrogens is 2. The molecule has 1 aromatic carbocycles. The fourth-order valence-corrected chi connectivity index (χ4v) is 3.20. The molecule has 0 radical (unpaired) electrons. The van der Waals surface area contributed by atoms with Gasteiger partial charge in [-0.15, -0.1) is 0 Å². The summed E-state index contributed by atoms with van der Waals surface area (Å²) in [6.45, 7) is 0. The van der Waals surface area contributed by atoms with Crippen LogP contribution >= 0.6 is 0 Å². The van der Waals surface area contributed by atoms with Crippen LogP contribution in [0.5, 0.6) is 0 Å². The molecule has 0 atom stereocenters. The van der Waals surface area contributed by atoms with E-state index >= 15 is 0 Å². The molecule has 25 heavy (non-hydrogen) atoms. The van der Waals surface area contributed by atoms with Crippen molar-refractivity contribution < 1.29 is 4.39 Å². The third-order valence-corrected chi connectivity index (χ3v) is 4.55. The number of fused-ring (bicyclic) bond motifs is 2. The van der Waals surface area contributed by atoms with Gasteiger partial charge in [0.1, 0.15) is 11.5 Å². The molecular weight excluding hydrogens is 315 g/mol. The maximum absolute atomic E-state index is 12.9. The van der Waals surface area contributed by atoms with Crippen molar-refractivity contribution >= 4 is 5.65 Å². The van der Waals surface area contributed by atoms with Crippen molar-refractivity contribution in [1.29, 1.82) is 0 Å². The number of nitrogens with zero attached hydrogens (tertiary/aromatic N) is 2. The predicted molar refractivity (Wildman–Crippen MR) is 95.1 cm³/mol. The maximum Gasteiger partial charge on any atom is 0.261 e. The molecule has 2 aromatic heterocycles. The zero-order valence-electron chi connectivity index (χ0n) is 13.8. The first kappa shape index (κ1) is 15.6. The summed E-state index contributed by atoms with van der Waals surface area (Å²) < 4.78 is 14.5. The summed E-state index contributed by atoms with van der Waals surface area (Å²) in [5.41, 5.74) is 4.00. The fourth-order valence-electron chi connectivity index (χ4n) is 3.20. The van der Waals surface area contributed by atoms with Gasteiger partial charge in [-0.05, 0) is 62.1 Å². The van der Waals surface area contributed by atoms with Crippen LogP contribution in [0.4, 0.5) is 4.39 Å². The smallest absolute Gasteiger partial charge is 0.261 e. The van der Waals surface area contributed by atoms with E-state index in [1.165, 1.54) is 12.1 Å². The van der Waals surface area contributed by atoms with E-state index in [-0.39, 0.29) is 11.4 Å². The third kappa shape index (κ3) is 3.18. The Morgan fingerprint density at radius 2 is 1.72 bits per heavy atom. The van der Waals surface area contributed by atoms with E-state index in [0.717, 1.165) is 54.5 Å². The Kier molecular flexibility index (Phi) is 4.07. The highest BCUT2D eigenvalue weighted by Crippen LogP contribution is 2.17. The van der Waals surface area contributed by atoms with E-state index in [1.54, 1.807) is 22.7 Å². The van der Waals surface area contributed by atoms with Gasteiger partial charge < -0.3 is 0 Å². The summed E-state index contributed by atoms with van der Waals surface area (Å²) in [4.78, 5) is 17.4. The van der Waals surface area contributed by atoms with Crippen LogP contribution in [-0.4, -0.2) is 9.38 Å². The Bertz CT molecular complexity index is 1060. The number of hydrogen-bond acceptors (Lipinski definition) is 2. The van der Waals surface area contributed by atoms with E-state index in [2.05, 4.69) is 11.8 Å². The minimum absolute atomic E-state index is 0.0416. The van der Waals surface area contributed by atoms with Crippen molar-refractivity contribution in [2.75, 3.05) is 0 Å². The van der Waals surface area contributed by atoms with Crippen LogP contribution < -0.4 is 5.56 Å². The standard InChI is InChI=1S/C21H17FN2O/c22-17-10-8-15(9-11-17)6-7-16-12-13-24-20(14-16)23-19-5-3-1-2-4-18(19)21(24)25/h8-14H,1-5H2. The van der Waals surface area contributed by atoms with Gasteiger partial charge >= 0.3 is 0 Å². The number of halogens is 1. The van der Waals surface area contributed by atoms with Crippen LogP contribution in [0.15, 0.2) is 47.4 Å². The first-order valence-electron chi connectivity index (χ1n) is 8.52. The Morgan fingerprint density at radius 1 is 0.960 bits per heavy atom. The first-order valence-corrected chi connectivity index (χ1v) is 8.52. The van der Waals surface area contributed by atoms with E-state index in [1.807, 2.05) is 12.1 Å². The van der Waals surface area contributed by atoms with Crippen LogP contribution in [0.25, 0.3) is 5.65 Å². The second kappa shape index (κ2) is 6.52. The number of hydrogen-bond donors (Lipinski definition) is 0. The van der Waals surface area contributed by atoms with Gasteiger partial charge in [0.2, 0.25) is 0 Å². The largest absolute Gasteiger partial charge is 0.269 e. The van der Waals surface area contributed by atoms with Crippen LogP contribution in [-0.2, 0) is 12.8 Å². The summed E-state index contributed by atoms with van der Waals surface area (Å²) in [7, 11) is 0. The summed E-state index contributed by atoms with van der Waals surface area (Å²) in [6, 6.07) is 9.72. The quantitative estimate of drug-likeness (QED) is 0.466. The molecule has 0 unspecified atom stereocenters. The zero-order chi connectivity index (χ0) is 17.2. The molecule has 1 aliphatic carbocycles. The van der Waals surface area contributed by atoms with Crippen molar-refractivity contribution in [3.63, 3.8) is 0 Å². The Balaban J connectivity index is 1.76. The molecule has 3 aromatic rings. The molecule has 3 nitrogen and oxygen atoms in total. The van der Waals surface area contributed by atoms with Crippen LogP contribution in [0.1, 0.15) is 41.6 Å². The second-order valence-corrected chi connectivity index (χ2v) is 6.30. The van der Waals surface area contributed by atoms with Crippen LogP contribution in [0.2, 0.25) is 0 Å². The van der Waals surface area contributed by atoms with E-state index < -0.39 is 0 Å². The topological polar surface area (TPSA) is 34.4 Å². The van der Waals surface area contributed by atoms with Crippen LogP contribution in [0, 0.1) is 17.7 Å². The van der Waals surface area contributed by atoms with E-state index in [0.29, 0.717) is 5.65 Å². The highest BCUT2D eigenvalue weighted by atomic mass is 19.1. The number of benzene rings is 1. The molecular formula is C21H17FN2O. The summed E-state index contributed by atoms with van der Waals surface area (Å²) in [5, 5.41) is 0. The lowest BCUT2D eigenvalue weighted by molar-refractivity contribution is 0.627. The lowest BCUT2D eigenvalue weighted by Gasteiger charge is -2.08. The van der Waals surface area contributed by atoms with Gasteiger partial charge in [0.05, 0.1) is 5.69 Å². The molecule has 0 N–H and O–H groups in total. The van der Waals surface area contributed by atoms with E-state index in [4.69, 9.17) is 4.98 Å². The van der Waals surface area contributed by atoms with Gasteiger partial charge in [0.25, 0.3) is 5.56 Å². The summed E-state index contributed by atoms with van der Waals surface area (Å²) in [5.74, 6) is 5.79. The van der Waals surface area contributed by atoms with Gasteiger partial charge in [-0.25, -0.2) is 9.37 Å². The van der Waals surface area contributed by atoms with Crippen LogP contribution in [0.3, 0.4) is 0 Å². The molecule has 124 valence electrons. The van der Waals surface area contributed by atoms with Gasteiger partial charge in [-0.1, -0.05) is 18.3 Å². The Labute approximate surface area is 145 Å². The van der Waals surface area contributed by atoms with Gasteiger partial charge in [-0.2, -0.15) is 0 Å². The Morgan fingerprint density at radius 3 is 2.56 bits per heavy atom. The number of aryl methyl sites for hydroxylation is 1. The minimum atomic E-state index is -0.277. The molecule has 0 spiro atoms. The van der Waals surface area contributed by atoms with Crippen molar-refractivity contribution in [2.24, 2.45) is 0 Å². The highest BCUT2D eigenvalue weighted by Gasteiger charge is 2.15. The van der Waals surface area contributed by atoms with E-state index in [9.17, 15) is 9.18 Å². The second-order valence-electron chi connectivity index (χ2n) is 6.30. The van der Waals surface area contributed by atoms with Crippen molar-refractivity contribution in [1.82, 2.24) is 9.38 Å². The lowest BCUT2D eigenvalue weighted by Crippen LogP contribution is -2.22. The van der Waals surface area contributed by atoms with Gasteiger partial charge in [0, 0.05) is 22.9 Å². The predicted octanol–water partition coefficient (Wildman–Crippen LogP) is 3.50. The molecule has 2 heterocycles. The minimum Gasteiger partial charge on any atom is -0.269 e.